The molecule has 2 saturated heterocycles. The second-order valence-corrected chi connectivity index (χ2v) is 6.95. The maximum atomic E-state index is 12.7. The van der Waals surface area contributed by atoms with E-state index in [9.17, 15) is 4.79 Å². The third-order valence-electron chi connectivity index (χ3n) is 4.55. The molecule has 0 aromatic carbocycles. The lowest BCUT2D eigenvalue weighted by atomic mass is 10.2. The largest absolute Gasteiger partial charge is 0.334 e. The Labute approximate surface area is 125 Å². The number of amides is 1. The molecule has 4 heteroatoms. The van der Waals surface area contributed by atoms with Crippen molar-refractivity contribution in [2.45, 2.75) is 45.1 Å². The Morgan fingerprint density at radius 1 is 1.30 bits per heavy atom. The van der Waals surface area contributed by atoms with Gasteiger partial charge in [0.15, 0.2) is 0 Å². The Morgan fingerprint density at radius 2 is 2.10 bits per heavy atom. The van der Waals surface area contributed by atoms with Gasteiger partial charge in [0.1, 0.15) is 0 Å². The van der Waals surface area contributed by atoms with E-state index in [1.54, 1.807) is 11.3 Å². The summed E-state index contributed by atoms with van der Waals surface area (Å²) < 4.78 is 0. The quantitative estimate of drug-likeness (QED) is 0.851. The molecule has 0 bridgehead atoms. The van der Waals surface area contributed by atoms with Crippen LogP contribution in [-0.4, -0.2) is 47.9 Å². The van der Waals surface area contributed by atoms with Gasteiger partial charge in [0.25, 0.3) is 5.91 Å². The van der Waals surface area contributed by atoms with E-state index in [0.29, 0.717) is 6.04 Å². The zero-order chi connectivity index (χ0) is 13.9. The van der Waals surface area contributed by atoms with E-state index in [0.717, 1.165) is 31.5 Å². The van der Waals surface area contributed by atoms with E-state index in [1.165, 1.54) is 37.2 Å². The molecule has 1 atom stereocenters. The van der Waals surface area contributed by atoms with Gasteiger partial charge in [-0.3, -0.25) is 4.79 Å². The van der Waals surface area contributed by atoms with E-state index < -0.39 is 0 Å². The summed E-state index contributed by atoms with van der Waals surface area (Å²) in [6.45, 7) is 6.60. The monoisotopic (exact) mass is 292 g/mol. The molecule has 0 N–H and O–H groups in total. The molecule has 3 heterocycles. The van der Waals surface area contributed by atoms with Crippen LogP contribution >= 0.6 is 11.3 Å². The molecule has 0 unspecified atom stereocenters. The molecule has 2 fully saturated rings. The summed E-state index contributed by atoms with van der Waals surface area (Å²) in [6, 6.07) is 2.52. The zero-order valence-corrected chi connectivity index (χ0v) is 13.1. The van der Waals surface area contributed by atoms with Crippen LogP contribution in [0, 0.1) is 0 Å². The molecule has 3 rings (SSSR count). The average Bonchev–Trinajstić information content (AvgIpc) is 3.20. The number of carbonyl (C=O) groups excluding carboxylic acids is 1. The van der Waals surface area contributed by atoms with Crippen molar-refractivity contribution in [2.75, 3.05) is 26.2 Å². The third-order valence-corrected chi connectivity index (χ3v) is 5.64. The minimum Gasteiger partial charge on any atom is -0.334 e. The topological polar surface area (TPSA) is 23.6 Å². The lowest BCUT2D eigenvalue weighted by molar-refractivity contribution is 0.0709. The van der Waals surface area contributed by atoms with Crippen LogP contribution in [0.5, 0.6) is 0 Å². The number of hydrogen-bond acceptors (Lipinski definition) is 3. The summed E-state index contributed by atoms with van der Waals surface area (Å²) in [5.74, 6) is 0.252. The smallest absolute Gasteiger partial charge is 0.255 e. The van der Waals surface area contributed by atoms with Crippen molar-refractivity contribution < 1.29 is 4.79 Å². The van der Waals surface area contributed by atoms with Gasteiger partial charge >= 0.3 is 0 Å². The molecule has 0 aliphatic carbocycles. The molecule has 1 amide bonds. The molecule has 1 aromatic rings. The molecule has 2 aliphatic rings. The summed E-state index contributed by atoms with van der Waals surface area (Å²) in [4.78, 5) is 18.6. The van der Waals surface area contributed by atoms with Crippen LogP contribution in [0.15, 0.2) is 11.4 Å². The summed E-state index contributed by atoms with van der Waals surface area (Å²) in [5.41, 5.74) is 0.903. The SMILES string of the molecule is CCc1cc(C(=O)N2CCC[C@@H]2CN2CCCC2)cs1. The maximum absolute atomic E-state index is 12.7. The second kappa shape index (κ2) is 6.27. The second-order valence-electron chi connectivity index (χ2n) is 5.96. The van der Waals surface area contributed by atoms with Crippen LogP contribution in [0.4, 0.5) is 0 Å². The van der Waals surface area contributed by atoms with Gasteiger partial charge in [-0.1, -0.05) is 6.92 Å². The number of nitrogens with zero attached hydrogens (tertiary/aromatic N) is 2. The van der Waals surface area contributed by atoms with E-state index >= 15 is 0 Å². The van der Waals surface area contributed by atoms with Crippen LogP contribution in [0.1, 0.15) is 47.8 Å². The number of aryl methyl sites for hydroxylation is 1. The van der Waals surface area contributed by atoms with Gasteiger partial charge in [0, 0.05) is 29.4 Å². The lowest BCUT2D eigenvalue weighted by Crippen LogP contribution is -2.42. The molecule has 20 heavy (non-hydrogen) atoms. The Kier molecular flexibility index (Phi) is 4.41. The molecule has 110 valence electrons. The molecular formula is C16H24N2OS. The standard InChI is InChI=1S/C16H24N2OS/c1-2-15-10-13(12-20-15)16(19)18-9-5-6-14(18)11-17-7-3-4-8-17/h10,12,14H,2-9,11H2,1H3/t14-/m1/s1. The Morgan fingerprint density at radius 3 is 2.80 bits per heavy atom. The van der Waals surface area contributed by atoms with Gasteiger partial charge in [-0.2, -0.15) is 0 Å². The van der Waals surface area contributed by atoms with Crippen LogP contribution in [-0.2, 0) is 6.42 Å². The third kappa shape index (κ3) is 2.91. The molecule has 1 aromatic heterocycles. The lowest BCUT2D eigenvalue weighted by Gasteiger charge is -2.28. The minimum absolute atomic E-state index is 0.252. The molecule has 3 nitrogen and oxygen atoms in total. The first-order valence-corrected chi connectivity index (χ1v) is 8.76. The highest BCUT2D eigenvalue weighted by atomic mass is 32.1. The molecular weight excluding hydrogens is 268 g/mol. The Balaban J connectivity index is 1.66. The number of carbonyl (C=O) groups is 1. The first kappa shape index (κ1) is 14.1. The van der Waals surface area contributed by atoms with Crippen molar-refractivity contribution in [3.05, 3.63) is 21.9 Å². The highest BCUT2D eigenvalue weighted by Gasteiger charge is 2.31. The van der Waals surface area contributed by atoms with Gasteiger partial charge in [-0.05, 0) is 51.3 Å². The average molecular weight is 292 g/mol. The van der Waals surface area contributed by atoms with Crippen molar-refractivity contribution in [2.24, 2.45) is 0 Å². The van der Waals surface area contributed by atoms with E-state index in [2.05, 4.69) is 22.8 Å². The van der Waals surface area contributed by atoms with Crippen molar-refractivity contribution in [3.63, 3.8) is 0 Å². The summed E-state index contributed by atoms with van der Waals surface area (Å²) >= 11 is 1.71. The van der Waals surface area contributed by atoms with Crippen LogP contribution in [0.3, 0.4) is 0 Å². The number of thiophene rings is 1. The normalized spacial score (nSPS) is 23.6. The van der Waals surface area contributed by atoms with Crippen molar-refractivity contribution in [3.8, 4) is 0 Å². The molecule has 0 spiro atoms. The Bertz CT molecular complexity index is 465. The first-order valence-electron chi connectivity index (χ1n) is 7.88. The van der Waals surface area contributed by atoms with Crippen LogP contribution < -0.4 is 0 Å². The zero-order valence-electron chi connectivity index (χ0n) is 12.3. The van der Waals surface area contributed by atoms with Crippen molar-refractivity contribution in [1.82, 2.24) is 9.80 Å². The van der Waals surface area contributed by atoms with Crippen LogP contribution in [0.2, 0.25) is 0 Å². The van der Waals surface area contributed by atoms with Crippen molar-refractivity contribution >= 4 is 17.2 Å². The fraction of sp³-hybridized carbons (Fsp3) is 0.688. The molecule has 2 aliphatic heterocycles. The van der Waals surface area contributed by atoms with E-state index in [1.807, 2.05) is 5.38 Å². The predicted octanol–water partition coefficient (Wildman–Crippen LogP) is 3.01. The fourth-order valence-electron chi connectivity index (χ4n) is 3.40. The maximum Gasteiger partial charge on any atom is 0.255 e. The highest BCUT2D eigenvalue weighted by molar-refractivity contribution is 7.10. The molecule has 0 saturated carbocycles. The van der Waals surface area contributed by atoms with Gasteiger partial charge < -0.3 is 9.80 Å². The highest BCUT2D eigenvalue weighted by Crippen LogP contribution is 2.24. The summed E-state index contributed by atoms with van der Waals surface area (Å²) in [5, 5.41) is 2.03. The van der Waals surface area contributed by atoms with Gasteiger partial charge in [-0.25, -0.2) is 0 Å². The number of hydrogen-bond donors (Lipinski definition) is 0. The Hall–Kier alpha value is -0.870. The van der Waals surface area contributed by atoms with Crippen LogP contribution in [0.25, 0.3) is 0 Å². The summed E-state index contributed by atoms with van der Waals surface area (Å²) in [7, 11) is 0. The number of rotatable bonds is 4. The van der Waals surface area contributed by atoms with Crippen molar-refractivity contribution in [1.29, 1.82) is 0 Å². The van der Waals surface area contributed by atoms with E-state index in [4.69, 9.17) is 0 Å². The number of likely N-dealkylation sites (tertiary alicyclic amines) is 2. The van der Waals surface area contributed by atoms with Gasteiger partial charge in [-0.15, -0.1) is 11.3 Å². The van der Waals surface area contributed by atoms with E-state index in [-0.39, 0.29) is 5.91 Å². The summed E-state index contributed by atoms with van der Waals surface area (Å²) in [6.07, 6.45) is 6.01. The van der Waals surface area contributed by atoms with Gasteiger partial charge in [0.2, 0.25) is 0 Å². The minimum atomic E-state index is 0.252. The molecule has 0 radical (unpaired) electrons. The predicted molar refractivity (Wildman–Crippen MR) is 83.4 cm³/mol. The van der Waals surface area contributed by atoms with Gasteiger partial charge in [0.05, 0.1) is 5.56 Å². The first-order chi connectivity index (χ1) is 9.78. The fourth-order valence-corrected chi connectivity index (χ4v) is 4.21.